The Morgan fingerprint density at radius 1 is 1.36 bits per heavy atom. The summed E-state index contributed by atoms with van der Waals surface area (Å²) in [6.45, 7) is 5.53. The fraction of sp³-hybridized carbons (Fsp3) is 0.500. The van der Waals surface area contributed by atoms with Gasteiger partial charge in [-0.3, -0.25) is 4.79 Å². The van der Waals surface area contributed by atoms with Crippen molar-refractivity contribution in [3.05, 3.63) is 41.5 Å². The van der Waals surface area contributed by atoms with Gasteiger partial charge in [-0.05, 0) is 12.3 Å². The van der Waals surface area contributed by atoms with Crippen LogP contribution in [0.1, 0.15) is 48.0 Å². The smallest absolute Gasteiger partial charge is 0.259 e. The largest absolute Gasteiger partial charge is 0.445 e. The number of rotatable bonds is 4. The fourth-order valence-electron chi connectivity index (χ4n) is 3.32. The standard InChI is InChI=1S/C18H23N5O2/c1-12(2)4-5-16-20-14-11-22(7-6-15(14)25-16)18(24)13-10-19-23-9-8-21(3)17(13)23/h8-10,12H,4-7,11H2,1-3H3. The van der Waals surface area contributed by atoms with E-state index in [0.717, 1.165) is 35.8 Å². The lowest BCUT2D eigenvalue weighted by Gasteiger charge is -2.24. The number of hydrogen-bond donors (Lipinski definition) is 0. The van der Waals surface area contributed by atoms with E-state index in [1.54, 1.807) is 10.7 Å². The molecule has 7 nitrogen and oxygen atoms in total. The van der Waals surface area contributed by atoms with Crippen LogP contribution < -0.4 is 0 Å². The zero-order chi connectivity index (χ0) is 17.6. The highest BCUT2D eigenvalue weighted by molar-refractivity contribution is 5.99. The van der Waals surface area contributed by atoms with Crippen LogP contribution in [0.4, 0.5) is 0 Å². The summed E-state index contributed by atoms with van der Waals surface area (Å²) < 4.78 is 9.52. The highest BCUT2D eigenvalue weighted by atomic mass is 16.4. The Labute approximate surface area is 146 Å². The lowest BCUT2D eigenvalue weighted by atomic mass is 10.1. The molecule has 0 aromatic carbocycles. The van der Waals surface area contributed by atoms with Gasteiger partial charge in [0.05, 0.1) is 12.7 Å². The molecular weight excluding hydrogens is 318 g/mol. The van der Waals surface area contributed by atoms with Crippen molar-refractivity contribution in [3.8, 4) is 0 Å². The topological polar surface area (TPSA) is 68.6 Å². The van der Waals surface area contributed by atoms with E-state index in [-0.39, 0.29) is 5.91 Å². The zero-order valence-electron chi connectivity index (χ0n) is 14.9. The Bertz CT molecular complexity index is 917. The zero-order valence-corrected chi connectivity index (χ0v) is 14.9. The van der Waals surface area contributed by atoms with Gasteiger partial charge in [-0.1, -0.05) is 13.8 Å². The number of nitrogens with zero attached hydrogens (tertiary/aromatic N) is 5. The maximum Gasteiger partial charge on any atom is 0.259 e. The minimum absolute atomic E-state index is 0.00539. The number of hydrogen-bond acceptors (Lipinski definition) is 4. The number of oxazole rings is 1. The first kappa shape index (κ1) is 15.9. The van der Waals surface area contributed by atoms with E-state index in [9.17, 15) is 4.79 Å². The number of aryl methyl sites for hydroxylation is 2. The predicted octanol–water partition coefficient (Wildman–Crippen LogP) is 2.45. The lowest BCUT2D eigenvalue weighted by molar-refractivity contribution is 0.0729. The maximum atomic E-state index is 13.0. The fourth-order valence-corrected chi connectivity index (χ4v) is 3.32. The molecule has 4 heterocycles. The molecule has 1 aliphatic rings. The highest BCUT2D eigenvalue weighted by Crippen LogP contribution is 2.23. The number of imidazole rings is 1. The molecule has 0 atom stereocenters. The monoisotopic (exact) mass is 341 g/mol. The van der Waals surface area contributed by atoms with Crippen molar-refractivity contribution in [1.82, 2.24) is 24.1 Å². The van der Waals surface area contributed by atoms with Crippen molar-refractivity contribution < 1.29 is 9.21 Å². The molecule has 25 heavy (non-hydrogen) atoms. The normalized spacial score (nSPS) is 14.5. The summed E-state index contributed by atoms with van der Waals surface area (Å²) in [5.74, 6) is 2.34. The van der Waals surface area contributed by atoms with Crippen LogP contribution in [0.15, 0.2) is 23.0 Å². The average molecular weight is 341 g/mol. The van der Waals surface area contributed by atoms with Crippen LogP contribution in [0.2, 0.25) is 0 Å². The van der Waals surface area contributed by atoms with Crippen molar-refractivity contribution in [1.29, 1.82) is 0 Å². The Balaban J connectivity index is 1.53. The van der Waals surface area contributed by atoms with Gasteiger partial charge >= 0.3 is 0 Å². The molecule has 0 fully saturated rings. The average Bonchev–Trinajstić information content (AvgIpc) is 3.27. The van der Waals surface area contributed by atoms with Crippen LogP contribution in [-0.4, -0.2) is 36.5 Å². The molecule has 0 bridgehead atoms. The summed E-state index contributed by atoms with van der Waals surface area (Å²) in [4.78, 5) is 19.4. The Morgan fingerprint density at radius 3 is 3.00 bits per heavy atom. The first-order valence-corrected chi connectivity index (χ1v) is 8.78. The van der Waals surface area contributed by atoms with Crippen LogP contribution in [0.3, 0.4) is 0 Å². The number of amides is 1. The van der Waals surface area contributed by atoms with E-state index in [1.807, 2.05) is 28.9 Å². The third kappa shape index (κ3) is 2.83. The number of fused-ring (bicyclic) bond motifs is 2. The molecule has 0 radical (unpaired) electrons. The summed E-state index contributed by atoms with van der Waals surface area (Å²) in [5, 5.41) is 4.26. The van der Waals surface area contributed by atoms with Gasteiger partial charge in [0.1, 0.15) is 22.7 Å². The van der Waals surface area contributed by atoms with Gasteiger partial charge in [0.15, 0.2) is 5.89 Å². The molecule has 0 saturated carbocycles. The Morgan fingerprint density at radius 2 is 2.20 bits per heavy atom. The molecule has 0 spiro atoms. The van der Waals surface area contributed by atoms with Gasteiger partial charge in [-0.15, -0.1) is 0 Å². The molecule has 132 valence electrons. The van der Waals surface area contributed by atoms with Crippen molar-refractivity contribution in [2.75, 3.05) is 6.54 Å². The van der Waals surface area contributed by atoms with E-state index in [2.05, 4.69) is 23.9 Å². The van der Waals surface area contributed by atoms with Crippen molar-refractivity contribution >= 4 is 11.6 Å². The van der Waals surface area contributed by atoms with Crippen LogP contribution in [-0.2, 0) is 26.4 Å². The molecule has 3 aromatic heterocycles. The summed E-state index contributed by atoms with van der Waals surface area (Å²) >= 11 is 0. The third-order valence-corrected chi connectivity index (χ3v) is 4.76. The molecule has 7 heteroatoms. The van der Waals surface area contributed by atoms with Gasteiger partial charge in [0.2, 0.25) is 0 Å². The van der Waals surface area contributed by atoms with Gasteiger partial charge < -0.3 is 13.9 Å². The van der Waals surface area contributed by atoms with Crippen LogP contribution in [0, 0.1) is 5.92 Å². The Kier molecular flexibility index (Phi) is 3.86. The van der Waals surface area contributed by atoms with Gasteiger partial charge in [-0.25, -0.2) is 9.50 Å². The van der Waals surface area contributed by atoms with Crippen molar-refractivity contribution in [2.24, 2.45) is 13.0 Å². The van der Waals surface area contributed by atoms with Crippen molar-refractivity contribution in [3.63, 3.8) is 0 Å². The first-order valence-electron chi connectivity index (χ1n) is 8.78. The highest BCUT2D eigenvalue weighted by Gasteiger charge is 2.28. The maximum absolute atomic E-state index is 13.0. The van der Waals surface area contributed by atoms with Crippen molar-refractivity contribution in [2.45, 2.75) is 39.7 Å². The second kappa shape index (κ2) is 6.06. The molecule has 0 N–H and O–H groups in total. The summed E-state index contributed by atoms with van der Waals surface area (Å²) in [6, 6.07) is 0. The molecule has 0 saturated heterocycles. The van der Waals surface area contributed by atoms with E-state index in [4.69, 9.17) is 4.42 Å². The summed E-state index contributed by atoms with van der Waals surface area (Å²) in [6.07, 6.45) is 8.01. The Hall–Kier alpha value is -2.57. The molecule has 1 aliphatic heterocycles. The van der Waals surface area contributed by atoms with E-state index in [1.165, 1.54) is 0 Å². The van der Waals surface area contributed by atoms with Crippen LogP contribution in [0.5, 0.6) is 0 Å². The SMILES string of the molecule is CC(C)CCc1nc2c(o1)CCN(C(=O)c1cnn3ccn(C)c13)C2. The summed E-state index contributed by atoms with van der Waals surface area (Å²) in [7, 11) is 1.92. The molecule has 4 rings (SSSR count). The predicted molar refractivity (Wildman–Crippen MR) is 92.3 cm³/mol. The van der Waals surface area contributed by atoms with Gasteiger partial charge in [0, 0.05) is 38.8 Å². The minimum Gasteiger partial charge on any atom is -0.445 e. The van der Waals surface area contributed by atoms with Gasteiger partial charge in [-0.2, -0.15) is 5.10 Å². The van der Waals surface area contributed by atoms with E-state index in [0.29, 0.717) is 31.0 Å². The quantitative estimate of drug-likeness (QED) is 0.731. The molecule has 3 aromatic rings. The minimum atomic E-state index is -0.00539. The number of aromatic nitrogens is 4. The van der Waals surface area contributed by atoms with Crippen LogP contribution in [0.25, 0.3) is 5.65 Å². The number of carbonyl (C=O) groups is 1. The second-order valence-electron chi connectivity index (χ2n) is 7.12. The molecule has 0 unspecified atom stereocenters. The lowest BCUT2D eigenvalue weighted by Crippen LogP contribution is -2.35. The third-order valence-electron chi connectivity index (χ3n) is 4.76. The summed E-state index contributed by atoms with van der Waals surface area (Å²) in [5.41, 5.74) is 2.33. The van der Waals surface area contributed by atoms with Gasteiger partial charge in [0.25, 0.3) is 5.91 Å². The molecule has 1 amide bonds. The molecular formula is C18H23N5O2. The number of carbonyl (C=O) groups excluding carboxylic acids is 1. The second-order valence-corrected chi connectivity index (χ2v) is 7.12. The van der Waals surface area contributed by atoms with E-state index >= 15 is 0 Å². The first-order chi connectivity index (χ1) is 12.0. The van der Waals surface area contributed by atoms with E-state index < -0.39 is 0 Å². The van der Waals surface area contributed by atoms with Crippen LogP contribution >= 0.6 is 0 Å². The molecule has 0 aliphatic carbocycles.